The molecular formula is C16H18N2O4S2. The lowest BCUT2D eigenvalue weighted by Gasteiger charge is -2.10. The molecule has 24 heavy (non-hydrogen) atoms. The second-order valence-electron chi connectivity index (χ2n) is 5.70. The highest BCUT2D eigenvalue weighted by Gasteiger charge is 2.23. The van der Waals surface area contributed by atoms with Crippen LogP contribution in [0.5, 0.6) is 0 Å². The van der Waals surface area contributed by atoms with Crippen LogP contribution in [0.15, 0.2) is 44.5 Å². The summed E-state index contributed by atoms with van der Waals surface area (Å²) in [6.45, 7) is 3.72. The third-order valence-corrected chi connectivity index (χ3v) is 6.42. The highest BCUT2D eigenvalue weighted by Crippen LogP contribution is 2.34. The van der Waals surface area contributed by atoms with Gasteiger partial charge >= 0.3 is 0 Å². The number of hydrogen-bond donors (Lipinski definition) is 2. The summed E-state index contributed by atoms with van der Waals surface area (Å²) in [7, 11) is -3.70. The topological polar surface area (TPSA) is 88.4 Å². The van der Waals surface area contributed by atoms with E-state index in [1.54, 1.807) is 43.0 Å². The number of fused-ring (bicyclic) bond motifs is 1. The predicted molar refractivity (Wildman–Crippen MR) is 92.4 cm³/mol. The van der Waals surface area contributed by atoms with Gasteiger partial charge in [-0.05, 0) is 37.3 Å². The van der Waals surface area contributed by atoms with Gasteiger partial charge in [-0.15, -0.1) is 11.8 Å². The number of thioether (sulfide) groups is 1. The Kier molecular flexibility index (Phi) is 4.71. The number of carbonyl (C=O) groups excluding carboxylic acids is 1. The van der Waals surface area contributed by atoms with Gasteiger partial charge in [0.1, 0.15) is 11.5 Å². The first kappa shape index (κ1) is 17.1. The molecule has 0 radical (unpaired) electrons. The van der Waals surface area contributed by atoms with Gasteiger partial charge in [0, 0.05) is 16.6 Å². The van der Waals surface area contributed by atoms with Crippen LogP contribution in [-0.2, 0) is 21.4 Å². The van der Waals surface area contributed by atoms with Crippen LogP contribution in [0.25, 0.3) is 0 Å². The molecule has 1 amide bonds. The Labute approximate surface area is 145 Å². The van der Waals surface area contributed by atoms with Crippen molar-refractivity contribution in [2.75, 3.05) is 11.1 Å². The summed E-state index contributed by atoms with van der Waals surface area (Å²) in [5, 5.41) is 2.79. The molecule has 1 aliphatic rings. The van der Waals surface area contributed by atoms with Crippen LogP contribution in [0.2, 0.25) is 0 Å². The number of rotatable bonds is 4. The Morgan fingerprint density at radius 3 is 2.83 bits per heavy atom. The molecule has 0 saturated carbocycles. The van der Waals surface area contributed by atoms with Gasteiger partial charge in [-0.3, -0.25) is 4.79 Å². The molecule has 8 heteroatoms. The van der Waals surface area contributed by atoms with Crippen molar-refractivity contribution < 1.29 is 17.6 Å². The van der Waals surface area contributed by atoms with Crippen molar-refractivity contribution in [3.8, 4) is 0 Å². The zero-order valence-corrected chi connectivity index (χ0v) is 15.0. The van der Waals surface area contributed by atoms with Gasteiger partial charge in [0.2, 0.25) is 15.9 Å². The minimum absolute atomic E-state index is 0.0748. The summed E-state index contributed by atoms with van der Waals surface area (Å²) in [5.41, 5.74) is 0.533. The first-order chi connectivity index (χ1) is 11.3. The Hall–Kier alpha value is -1.77. The molecule has 0 saturated heterocycles. The molecule has 1 atom stereocenters. The molecule has 1 aromatic carbocycles. The van der Waals surface area contributed by atoms with Gasteiger partial charge in [0.15, 0.2) is 0 Å². The summed E-state index contributed by atoms with van der Waals surface area (Å²) in [6.07, 6.45) is 0. The molecule has 128 valence electrons. The third kappa shape index (κ3) is 3.66. The van der Waals surface area contributed by atoms with Crippen LogP contribution in [0, 0.1) is 12.8 Å². The lowest BCUT2D eigenvalue weighted by Crippen LogP contribution is -2.23. The van der Waals surface area contributed by atoms with Crippen LogP contribution in [0.3, 0.4) is 0 Å². The van der Waals surface area contributed by atoms with Crippen LogP contribution >= 0.6 is 11.8 Å². The molecule has 1 aromatic heterocycles. The summed E-state index contributed by atoms with van der Waals surface area (Å²) < 4.78 is 32.8. The highest BCUT2D eigenvalue weighted by atomic mass is 32.2. The van der Waals surface area contributed by atoms with E-state index in [0.717, 1.165) is 10.7 Å². The van der Waals surface area contributed by atoms with Gasteiger partial charge in [0.25, 0.3) is 0 Å². The van der Waals surface area contributed by atoms with E-state index in [4.69, 9.17) is 4.42 Å². The van der Waals surface area contributed by atoms with Crippen molar-refractivity contribution in [3.63, 3.8) is 0 Å². The smallest absolute Gasteiger partial charge is 0.241 e. The van der Waals surface area contributed by atoms with Crippen LogP contribution in [0.4, 0.5) is 5.69 Å². The summed E-state index contributed by atoms with van der Waals surface area (Å²) in [4.78, 5) is 12.9. The van der Waals surface area contributed by atoms with Gasteiger partial charge < -0.3 is 9.73 Å². The van der Waals surface area contributed by atoms with Gasteiger partial charge in [-0.1, -0.05) is 6.92 Å². The van der Waals surface area contributed by atoms with Crippen molar-refractivity contribution in [1.82, 2.24) is 4.72 Å². The molecule has 0 spiro atoms. The SMILES string of the molecule is Cc1ccc(CNS(=O)(=O)c2ccc3c(c2)NC(=O)C(C)CS3)o1. The largest absolute Gasteiger partial charge is 0.465 e. The van der Waals surface area contributed by atoms with Gasteiger partial charge in [0.05, 0.1) is 17.1 Å². The second-order valence-corrected chi connectivity index (χ2v) is 8.52. The van der Waals surface area contributed by atoms with Crippen LogP contribution in [-0.4, -0.2) is 20.1 Å². The van der Waals surface area contributed by atoms with Gasteiger partial charge in [-0.2, -0.15) is 0 Å². The van der Waals surface area contributed by atoms with Gasteiger partial charge in [-0.25, -0.2) is 13.1 Å². The fourth-order valence-corrected chi connectivity index (χ4v) is 4.31. The minimum atomic E-state index is -3.70. The quantitative estimate of drug-likeness (QED) is 0.869. The monoisotopic (exact) mass is 366 g/mol. The highest BCUT2D eigenvalue weighted by molar-refractivity contribution is 7.99. The molecule has 3 rings (SSSR count). The summed E-state index contributed by atoms with van der Waals surface area (Å²) in [6, 6.07) is 8.27. The number of aryl methyl sites for hydroxylation is 1. The normalized spacial score (nSPS) is 17.9. The molecule has 0 aliphatic carbocycles. The molecule has 6 nitrogen and oxygen atoms in total. The van der Waals surface area contributed by atoms with E-state index in [2.05, 4.69) is 10.0 Å². The fourth-order valence-electron chi connectivity index (χ4n) is 2.28. The average Bonchev–Trinajstić information content (AvgIpc) is 2.90. The van der Waals surface area contributed by atoms with Crippen LogP contribution in [0.1, 0.15) is 18.4 Å². The number of benzene rings is 1. The van der Waals surface area contributed by atoms with E-state index in [1.165, 1.54) is 6.07 Å². The molecule has 1 unspecified atom stereocenters. The zero-order valence-electron chi connectivity index (χ0n) is 13.3. The first-order valence-corrected chi connectivity index (χ1v) is 9.95. The first-order valence-electron chi connectivity index (χ1n) is 7.48. The molecule has 2 aromatic rings. The molecular weight excluding hydrogens is 348 g/mol. The van der Waals surface area contributed by atoms with E-state index >= 15 is 0 Å². The van der Waals surface area contributed by atoms with Crippen molar-refractivity contribution in [2.45, 2.75) is 30.2 Å². The number of furan rings is 1. The molecule has 1 aliphatic heterocycles. The summed E-state index contributed by atoms with van der Waals surface area (Å²) >= 11 is 1.54. The molecule has 2 heterocycles. The second kappa shape index (κ2) is 6.62. The fraction of sp³-hybridized carbons (Fsp3) is 0.312. The van der Waals surface area contributed by atoms with Crippen molar-refractivity contribution in [1.29, 1.82) is 0 Å². The maximum atomic E-state index is 12.5. The third-order valence-electron chi connectivity index (χ3n) is 3.69. The number of anilines is 1. The number of hydrogen-bond acceptors (Lipinski definition) is 5. The van der Waals surface area contributed by atoms with E-state index in [-0.39, 0.29) is 23.3 Å². The Bertz CT molecular complexity index is 874. The Morgan fingerprint density at radius 1 is 1.33 bits per heavy atom. The summed E-state index contributed by atoms with van der Waals surface area (Å²) in [5.74, 6) is 1.71. The predicted octanol–water partition coefficient (Wildman–Crippen LogP) is 2.75. The standard InChI is InChI=1S/C16H18N2O4S2/c1-10-9-23-15-6-5-13(7-14(15)18-16(10)19)24(20,21)17-8-12-4-3-11(2)22-12/h3-7,10,17H,8-9H2,1-2H3,(H,18,19). The Morgan fingerprint density at radius 2 is 2.12 bits per heavy atom. The molecule has 0 bridgehead atoms. The van der Waals surface area contributed by atoms with Crippen molar-refractivity contribution in [2.24, 2.45) is 5.92 Å². The maximum absolute atomic E-state index is 12.5. The van der Waals surface area contributed by atoms with Crippen molar-refractivity contribution in [3.05, 3.63) is 41.9 Å². The van der Waals surface area contributed by atoms with Crippen LogP contribution < -0.4 is 10.0 Å². The Balaban J connectivity index is 1.81. The zero-order chi connectivity index (χ0) is 17.3. The molecule has 2 N–H and O–H groups in total. The van der Waals surface area contributed by atoms with Crippen molar-refractivity contribution >= 4 is 33.4 Å². The average molecular weight is 366 g/mol. The maximum Gasteiger partial charge on any atom is 0.241 e. The number of carbonyl (C=O) groups is 1. The van der Waals surface area contributed by atoms with E-state index in [0.29, 0.717) is 17.2 Å². The number of amides is 1. The number of sulfonamides is 1. The van der Waals surface area contributed by atoms with E-state index in [1.807, 2.05) is 6.92 Å². The molecule has 0 fully saturated rings. The minimum Gasteiger partial charge on any atom is -0.465 e. The lowest BCUT2D eigenvalue weighted by atomic mass is 10.2. The van der Waals surface area contributed by atoms with E-state index in [9.17, 15) is 13.2 Å². The van der Waals surface area contributed by atoms with E-state index < -0.39 is 10.0 Å². The number of nitrogens with one attached hydrogen (secondary N) is 2. The lowest BCUT2D eigenvalue weighted by molar-refractivity contribution is -0.118.